The fourth-order valence-electron chi connectivity index (χ4n) is 9.56. The van der Waals surface area contributed by atoms with E-state index in [0.29, 0.717) is 19.3 Å². The third-order valence-corrected chi connectivity index (χ3v) is 14.3. The maximum Gasteiger partial charge on any atom is 0.306 e. The minimum Gasteiger partial charge on any atom is -0.462 e. The molecule has 0 aliphatic rings. The number of ether oxygens (including phenoxy) is 3. The number of hydrogen-bond donors (Lipinski definition) is 0. The van der Waals surface area contributed by atoms with Gasteiger partial charge in [-0.25, -0.2) is 0 Å². The highest BCUT2D eigenvalue weighted by Crippen LogP contribution is 2.18. The Labute approximate surface area is 454 Å². The number of carbonyl (C=O) groups excluding carboxylic acids is 3. The smallest absolute Gasteiger partial charge is 0.306 e. The van der Waals surface area contributed by atoms with Gasteiger partial charge in [0.25, 0.3) is 0 Å². The monoisotopic (exact) mass is 1020 g/mol. The van der Waals surface area contributed by atoms with Gasteiger partial charge in [-0.2, -0.15) is 0 Å². The molecule has 0 aromatic heterocycles. The van der Waals surface area contributed by atoms with Crippen LogP contribution in [0, 0.1) is 0 Å². The summed E-state index contributed by atoms with van der Waals surface area (Å²) in [5.74, 6) is -0.876. The first kappa shape index (κ1) is 70.4. The van der Waals surface area contributed by atoms with Gasteiger partial charge in [0.15, 0.2) is 6.10 Å². The topological polar surface area (TPSA) is 78.9 Å². The van der Waals surface area contributed by atoms with Crippen LogP contribution in [0.3, 0.4) is 0 Å². The molecule has 0 saturated heterocycles. The zero-order valence-corrected chi connectivity index (χ0v) is 48.9. The lowest BCUT2D eigenvalue weighted by Gasteiger charge is -2.18. The van der Waals surface area contributed by atoms with Crippen LogP contribution in [0.5, 0.6) is 0 Å². The molecule has 0 aliphatic carbocycles. The Balaban J connectivity index is 4.35. The Morgan fingerprint density at radius 1 is 0.288 bits per heavy atom. The Hall–Kier alpha value is -2.63. The van der Waals surface area contributed by atoms with Crippen molar-refractivity contribution in [1.82, 2.24) is 0 Å². The van der Waals surface area contributed by atoms with Crippen molar-refractivity contribution in [2.75, 3.05) is 13.2 Å². The minimum atomic E-state index is -0.781. The Kier molecular flexibility index (Phi) is 59.7. The molecule has 1 unspecified atom stereocenters. The van der Waals surface area contributed by atoms with Gasteiger partial charge < -0.3 is 14.2 Å². The second-order valence-electron chi connectivity index (χ2n) is 21.7. The molecule has 426 valence electrons. The molecule has 0 rings (SSSR count). The number of rotatable bonds is 59. The lowest BCUT2D eigenvalue weighted by molar-refractivity contribution is -0.167. The number of unbranched alkanes of at least 4 members (excludes halogenated alkanes) is 40. The molecule has 0 amide bonds. The first-order valence-electron chi connectivity index (χ1n) is 32.1. The Bertz CT molecular complexity index is 1270. The number of esters is 3. The van der Waals surface area contributed by atoms with Gasteiger partial charge in [0.2, 0.25) is 0 Å². The average Bonchev–Trinajstić information content (AvgIpc) is 3.39. The molecule has 0 N–H and O–H groups in total. The van der Waals surface area contributed by atoms with Crippen LogP contribution in [-0.4, -0.2) is 37.2 Å². The van der Waals surface area contributed by atoms with Crippen LogP contribution in [-0.2, 0) is 28.6 Å². The van der Waals surface area contributed by atoms with E-state index >= 15 is 0 Å². The summed E-state index contributed by atoms with van der Waals surface area (Å²) in [7, 11) is 0. The molecule has 0 radical (unpaired) electrons. The van der Waals surface area contributed by atoms with Crippen molar-refractivity contribution in [1.29, 1.82) is 0 Å². The fraction of sp³-hybridized carbons (Fsp3) is 0.836. The van der Waals surface area contributed by atoms with E-state index in [4.69, 9.17) is 14.2 Å². The van der Waals surface area contributed by atoms with Gasteiger partial charge in [-0.3, -0.25) is 14.4 Å². The quantitative estimate of drug-likeness (QED) is 0.0261. The van der Waals surface area contributed by atoms with E-state index in [-0.39, 0.29) is 31.1 Å². The summed E-state index contributed by atoms with van der Waals surface area (Å²) in [6, 6.07) is 0. The van der Waals surface area contributed by atoms with Crippen LogP contribution in [0.25, 0.3) is 0 Å². The molecule has 0 saturated carbocycles. The predicted octanol–water partition coefficient (Wildman–Crippen LogP) is 21.8. The summed E-state index contributed by atoms with van der Waals surface area (Å²) < 4.78 is 16.9. The molecule has 0 fully saturated rings. The second-order valence-corrected chi connectivity index (χ2v) is 21.7. The predicted molar refractivity (Wildman–Crippen MR) is 316 cm³/mol. The SMILES string of the molecule is CC/C=C\C/C=C\C/C=C\C/C=C\CCCCCCC(=O)OCC(COC(=O)CCCCCCCCCCCCCCCCCCCCCC)OC(=O)CCCCCCCCCCCCCCCCCCCC. The van der Waals surface area contributed by atoms with Gasteiger partial charge in [0.1, 0.15) is 13.2 Å². The summed E-state index contributed by atoms with van der Waals surface area (Å²) in [5.41, 5.74) is 0. The molecule has 73 heavy (non-hydrogen) atoms. The van der Waals surface area contributed by atoms with Gasteiger partial charge >= 0.3 is 17.9 Å². The van der Waals surface area contributed by atoms with E-state index < -0.39 is 6.10 Å². The highest BCUT2D eigenvalue weighted by molar-refractivity contribution is 5.71. The summed E-state index contributed by atoms with van der Waals surface area (Å²) >= 11 is 0. The molecule has 0 aliphatic heterocycles. The van der Waals surface area contributed by atoms with Gasteiger partial charge in [-0.05, 0) is 57.8 Å². The van der Waals surface area contributed by atoms with Crippen molar-refractivity contribution in [2.45, 2.75) is 348 Å². The van der Waals surface area contributed by atoms with Gasteiger partial charge in [0, 0.05) is 19.3 Å². The van der Waals surface area contributed by atoms with E-state index in [1.54, 1.807) is 0 Å². The summed E-state index contributed by atoms with van der Waals surface area (Å²) in [5, 5.41) is 0. The molecule has 0 aromatic carbocycles. The Morgan fingerprint density at radius 2 is 0.534 bits per heavy atom. The molecular formula is C67H122O6. The standard InChI is InChI=1S/C67H122O6/c1-4-7-10-13-16-19-22-25-28-31-33-34-37-39-42-45-48-51-54-57-60-66(69)72-63-64(62-71-65(68)59-56-53-50-47-44-41-38-35-30-27-24-21-18-15-12-9-6-3)73-67(70)61-58-55-52-49-46-43-40-36-32-29-26-23-20-17-14-11-8-5-2/h9,12,18,21,27,30,38,41,64H,4-8,10-11,13-17,19-20,22-26,28-29,31-37,39-40,42-63H2,1-3H3/b12-9-,21-18-,30-27-,41-38-. The summed E-state index contributed by atoms with van der Waals surface area (Å²) in [6.45, 7) is 6.57. The summed E-state index contributed by atoms with van der Waals surface area (Å²) in [4.78, 5) is 38.3. The molecule has 0 aromatic rings. The lowest BCUT2D eigenvalue weighted by Crippen LogP contribution is -2.30. The van der Waals surface area contributed by atoms with Crippen molar-refractivity contribution >= 4 is 17.9 Å². The molecule has 0 spiro atoms. The first-order chi connectivity index (χ1) is 36.0. The van der Waals surface area contributed by atoms with Crippen molar-refractivity contribution in [2.24, 2.45) is 0 Å². The molecular weight excluding hydrogens is 901 g/mol. The van der Waals surface area contributed by atoms with Crippen molar-refractivity contribution in [3.8, 4) is 0 Å². The van der Waals surface area contributed by atoms with Crippen molar-refractivity contribution in [3.63, 3.8) is 0 Å². The van der Waals surface area contributed by atoms with E-state index in [1.165, 1.54) is 205 Å². The van der Waals surface area contributed by atoms with E-state index in [2.05, 4.69) is 69.4 Å². The Morgan fingerprint density at radius 3 is 0.836 bits per heavy atom. The van der Waals surface area contributed by atoms with E-state index in [9.17, 15) is 14.4 Å². The van der Waals surface area contributed by atoms with Crippen LogP contribution in [0.1, 0.15) is 342 Å². The van der Waals surface area contributed by atoms with Crippen LogP contribution in [0.15, 0.2) is 48.6 Å². The lowest BCUT2D eigenvalue weighted by atomic mass is 10.0. The maximum atomic E-state index is 12.9. The zero-order chi connectivity index (χ0) is 52.9. The summed E-state index contributed by atoms with van der Waals surface area (Å²) in [6.07, 6.45) is 76.9. The van der Waals surface area contributed by atoms with E-state index in [0.717, 1.165) is 96.3 Å². The highest BCUT2D eigenvalue weighted by atomic mass is 16.6. The average molecular weight is 1020 g/mol. The van der Waals surface area contributed by atoms with Crippen LogP contribution in [0.2, 0.25) is 0 Å². The molecule has 0 heterocycles. The van der Waals surface area contributed by atoms with Crippen LogP contribution < -0.4 is 0 Å². The van der Waals surface area contributed by atoms with Gasteiger partial charge in [-0.15, -0.1) is 0 Å². The van der Waals surface area contributed by atoms with Gasteiger partial charge in [-0.1, -0.05) is 313 Å². The first-order valence-corrected chi connectivity index (χ1v) is 32.1. The van der Waals surface area contributed by atoms with Crippen LogP contribution >= 0.6 is 0 Å². The number of hydrogen-bond acceptors (Lipinski definition) is 6. The zero-order valence-electron chi connectivity index (χ0n) is 48.9. The van der Waals surface area contributed by atoms with Crippen molar-refractivity contribution in [3.05, 3.63) is 48.6 Å². The molecule has 6 heteroatoms. The molecule has 0 bridgehead atoms. The second kappa shape index (κ2) is 61.9. The third-order valence-electron chi connectivity index (χ3n) is 14.3. The largest absolute Gasteiger partial charge is 0.462 e. The van der Waals surface area contributed by atoms with E-state index in [1.807, 2.05) is 0 Å². The highest BCUT2D eigenvalue weighted by Gasteiger charge is 2.19. The van der Waals surface area contributed by atoms with Crippen LogP contribution in [0.4, 0.5) is 0 Å². The number of allylic oxidation sites excluding steroid dienone is 8. The minimum absolute atomic E-state index is 0.0759. The maximum absolute atomic E-state index is 12.9. The molecule has 6 nitrogen and oxygen atoms in total. The van der Waals surface area contributed by atoms with Gasteiger partial charge in [0.05, 0.1) is 0 Å². The molecule has 1 atom stereocenters. The normalized spacial score (nSPS) is 12.3. The number of carbonyl (C=O) groups is 3. The van der Waals surface area contributed by atoms with Crippen molar-refractivity contribution < 1.29 is 28.6 Å². The fourth-order valence-corrected chi connectivity index (χ4v) is 9.56. The third kappa shape index (κ3) is 60.1.